The van der Waals surface area contributed by atoms with Crippen molar-refractivity contribution in [2.75, 3.05) is 33.5 Å². The Morgan fingerprint density at radius 3 is 2.81 bits per heavy atom. The van der Waals surface area contributed by atoms with E-state index in [2.05, 4.69) is 15.9 Å². The van der Waals surface area contributed by atoms with Crippen LogP contribution in [0.3, 0.4) is 0 Å². The molecule has 0 fully saturated rings. The maximum Gasteiger partial charge on any atom is 0.328 e. The van der Waals surface area contributed by atoms with Gasteiger partial charge < -0.3 is 19.3 Å². The summed E-state index contributed by atoms with van der Waals surface area (Å²) in [6.07, 6.45) is 3.43. The number of halogens is 1. The Kier molecular flexibility index (Phi) is 8.73. The summed E-state index contributed by atoms with van der Waals surface area (Å²) in [4.78, 5) is 10.6. The summed E-state index contributed by atoms with van der Waals surface area (Å²) in [6.45, 7) is 2.19. The molecule has 0 aromatic heterocycles. The first-order chi connectivity index (χ1) is 10.1. The SMILES string of the molecule is COCCCOCCOc1ccc(Br)cc1/C=C/C(=O)O. The van der Waals surface area contributed by atoms with Crippen LogP contribution < -0.4 is 4.74 Å². The number of hydrogen-bond acceptors (Lipinski definition) is 4. The smallest absolute Gasteiger partial charge is 0.328 e. The molecule has 0 amide bonds. The second kappa shape index (κ2) is 10.4. The molecule has 0 aliphatic rings. The average Bonchev–Trinajstić information content (AvgIpc) is 2.45. The van der Waals surface area contributed by atoms with E-state index < -0.39 is 5.97 Å². The van der Waals surface area contributed by atoms with Crippen LogP contribution in [-0.4, -0.2) is 44.6 Å². The molecule has 0 atom stereocenters. The summed E-state index contributed by atoms with van der Waals surface area (Å²) in [6, 6.07) is 5.43. The first-order valence-corrected chi connectivity index (χ1v) is 7.33. The van der Waals surface area contributed by atoms with Gasteiger partial charge in [-0.05, 0) is 30.7 Å². The number of carbonyl (C=O) groups is 1. The summed E-state index contributed by atoms with van der Waals surface area (Å²) >= 11 is 3.35. The summed E-state index contributed by atoms with van der Waals surface area (Å²) in [5.41, 5.74) is 0.700. The standard InChI is InChI=1S/C15H19BrO5/c1-19-7-2-8-20-9-10-21-14-5-4-13(16)11-12(14)3-6-15(17)18/h3-6,11H,2,7-10H2,1H3,(H,17,18)/b6-3+. The highest BCUT2D eigenvalue weighted by atomic mass is 79.9. The van der Waals surface area contributed by atoms with Crippen molar-refractivity contribution in [3.63, 3.8) is 0 Å². The Bertz CT molecular complexity index is 473. The van der Waals surface area contributed by atoms with Crippen LogP contribution >= 0.6 is 15.9 Å². The van der Waals surface area contributed by atoms with Gasteiger partial charge >= 0.3 is 5.97 Å². The molecule has 0 saturated carbocycles. The first-order valence-electron chi connectivity index (χ1n) is 6.53. The Balaban J connectivity index is 2.45. The van der Waals surface area contributed by atoms with E-state index in [0.717, 1.165) is 17.0 Å². The monoisotopic (exact) mass is 358 g/mol. The van der Waals surface area contributed by atoms with Gasteiger partial charge in [-0.3, -0.25) is 0 Å². The summed E-state index contributed by atoms with van der Waals surface area (Å²) < 4.78 is 16.8. The van der Waals surface area contributed by atoms with E-state index in [1.54, 1.807) is 19.2 Å². The molecule has 1 rings (SSSR count). The Morgan fingerprint density at radius 1 is 1.29 bits per heavy atom. The van der Waals surface area contributed by atoms with Crippen LogP contribution in [0.15, 0.2) is 28.7 Å². The molecule has 1 aromatic carbocycles. The van der Waals surface area contributed by atoms with Gasteiger partial charge in [0.1, 0.15) is 12.4 Å². The lowest BCUT2D eigenvalue weighted by Crippen LogP contribution is -2.09. The van der Waals surface area contributed by atoms with Crippen molar-refractivity contribution in [3.8, 4) is 5.75 Å². The second-order valence-corrected chi connectivity index (χ2v) is 5.08. The highest BCUT2D eigenvalue weighted by Gasteiger charge is 2.03. The van der Waals surface area contributed by atoms with Gasteiger partial charge in [-0.2, -0.15) is 0 Å². The van der Waals surface area contributed by atoms with Crippen molar-refractivity contribution in [1.29, 1.82) is 0 Å². The van der Waals surface area contributed by atoms with Crippen LogP contribution in [0.25, 0.3) is 6.08 Å². The predicted octanol–water partition coefficient (Wildman–Crippen LogP) is 2.98. The van der Waals surface area contributed by atoms with Gasteiger partial charge in [0.25, 0.3) is 0 Å². The molecule has 21 heavy (non-hydrogen) atoms. The largest absolute Gasteiger partial charge is 0.491 e. The lowest BCUT2D eigenvalue weighted by Gasteiger charge is -2.10. The highest BCUT2D eigenvalue weighted by molar-refractivity contribution is 9.10. The Labute approximate surface area is 132 Å². The number of ether oxygens (including phenoxy) is 3. The molecule has 1 aromatic rings. The number of carboxylic acids is 1. The topological polar surface area (TPSA) is 65.0 Å². The zero-order valence-corrected chi connectivity index (χ0v) is 13.5. The molecule has 0 bridgehead atoms. The molecule has 0 spiro atoms. The molecule has 5 nitrogen and oxygen atoms in total. The summed E-state index contributed by atoms with van der Waals surface area (Å²) in [7, 11) is 1.66. The fraction of sp³-hybridized carbons (Fsp3) is 0.400. The minimum absolute atomic E-state index is 0.405. The average molecular weight is 359 g/mol. The minimum Gasteiger partial charge on any atom is -0.491 e. The van der Waals surface area contributed by atoms with Gasteiger partial charge in [-0.15, -0.1) is 0 Å². The van der Waals surface area contributed by atoms with E-state index in [1.165, 1.54) is 6.08 Å². The lowest BCUT2D eigenvalue weighted by molar-refractivity contribution is -0.131. The molecule has 0 radical (unpaired) electrons. The minimum atomic E-state index is -0.998. The van der Waals surface area contributed by atoms with Crippen molar-refractivity contribution in [3.05, 3.63) is 34.3 Å². The number of aliphatic carboxylic acids is 1. The number of hydrogen-bond donors (Lipinski definition) is 1. The normalized spacial score (nSPS) is 11.0. The fourth-order valence-electron chi connectivity index (χ4n) is 1.56. The van der Waals surface area contributed by atoms with Crippen LogP contribution in [0, 0.1) is 0 Å². The molecule has 6 heteroatoms. The zero-order valence-electron chi connectivity index (χ0n) is 11.9. The van der Waals surface area contributed by atoms with E-state index in [9.17, 15) is 4.79 Å². The first kappa shape index (κ1) is 17.7. The molecule has 0 aliphatic heterocycles. The van der Waals surface area contributed by atoms with Crippen molar-refractivity contribution >= 4 is 28.0 Å². The number of methoxy groups -OCH3 is 1. The van der Waals surface area contributed by atoms with Gasteiger partial charge in [-0.25, -0.2) is 4.79 Å². The van der Waals surface area contributed by atoms with Crippen LogP contribution in [0.1, 0.15) is 12.0 Å². The van der Waals surface area contributed by atoms with Crippen LogP contribution in [0.2, 0.25) is 0 Å². The van der Waals surface area contributed by atoms with Crippen molar-refractivity contribution in [2.45, 2.75) is 6.42 Å². The van der Waals surface area contributed by atoms with Gasteiger partial charge in [0.15, 0.2) is 0 Å². The number of benzene rings is 1. The third-order valence-electron chi connectivity index (χ3n) is 2.50. The van der Waals surface area contributed by atoms with Crippen LogP contribution in [0.4, 0.5) is 0 Å². The molecule has 1 N–H and O–H groups in total. The van der Waals surface area contributed by atoms with Crippen molar-refractivity contribution in [1.82, 2.24) is 0 Å². The molecular weight excluding hydrogens is 340 g/mol. The summed E-state index contributed by atoms with van der Waals surface area (Å²) in [5.74, 6) is -0.376. The summed E-state index contributed by atoms with van der Waals surface area (Å²) in [5, 5.41) is 8.68. The molecule has 0 aliphatic carbocycles. The predicted molar refractivity (Wildman–Crippen MR) is 83.6 cm³/mol. The molecule has 0 unspecified atom stereocenters. The fourth-order valence-corrected chi connectivity index (χ4v) is 1.94. The highest BCUT2D eigenvalue weighted by Crippen LogP contribution is 2.24. The number of carboxylic acid groups (broad SMARTS) is 1. The second-order valence-electron chi connectivity index (χ2n) is 4.16. The van der Waals surface area contributed by atoms with E-state index in [1.807, 2.05) is 6.07 Å². The van der Waals surface area contributed by atoms with E-state index >= 15 is 0 Å². The molecule has 116 valence electrons. The maximum absolute atomic E-state index is 10.6. The van der Waals surface area contributed by atoms with Gasteiger partial charge in [0.05, 0.1) is 6.61 Å². The Hall–Kier alpha value is -1.37. The third kappa shape index (κ3) is 7.84. The van der Waals surface area contributed by atoms with Gasteiger partial charge in [0.2, 0.25) is 0 Å². The molecular formula is C15H19BrO5. The zero-order chi connectivity index (χ0) is 15.5. The quantitative estimate of drug-likeness (QED) is 0.514. The van der Waals surface area contributed by atoms with Gasteiger partial charge in [0, 0.05) is 36.4 Å². The molecule has 0 saturated heterocycles. The molecule has 0 heterocycles. The van der Waals surface area contributed by atoms with E-state index in [-0.39, 0.29) is 0 Å². The maximum atomic E-state index is 10.6. The van der Waals surface area contributed by atoms with E-state index in [0.29, 0.717) is 37.7 Å². The van der Waals surface area contributed by atoms with Gasteiger partial charge in [-0.1, -0.05) is 15.9 Å². The number of rotatable bonds is 10. The lowest BCUT2D eigenvalue weighted by atomic mass is 10.2. The van der Waals surface area contributed by atoms with Crippen LogP contribution in [0.5, 0.6) is 5.75 Å². The third-order valence-corrected chi connectivity index (χ3v) is 2.99. The van der Waals surface area contributed by atoms with Crippen LogP contribution in [-0.2, 0) is 14.3 Å². The van der Waals surface area contributed by atoms with E-state index in [4.69, 9.17) is 19.3 Å². The Morgan fingerprint density at radius 2 is 2.10 bits per heavy atom. The van der Waals surface area contributed by atoms with Crippen molar-refractivity contribution < 1.29 is 24.1 Å². The van der Waals surface area contributed by atoms with Crippen molar-refractivity contribution in [2.24, 2.45) is 0 Å².